The van der Waals surface area contributed by atoms with Crippen LogP contribution in [0.15, 0.2) is 164 Å². The summed E-state index contributed by atoms with van der Waals surface area (Å²) in [5.74, 6) is 0. The van der Waals surface area contributed by atoms with E-state index in [4.69, 9.17) is 0 Å². The molecule has 0 N–H and O–H groups in total. The van der Waals surface area contributed by atoms with E-state index in [-0.39, 0.29) is 5.41 Å². The average Bonchev–Trinajstić information content (AvgIpc) is 3.61. The second-order valence-electron chi connectivity index (χ2n) is 12.9. The Morgan fingerprint density at radius 3 is 1.51 bits per heavy atom. The van der Waals surface area contributed by atoms with Gasteiger partial charge in [-0.3, -0.25) is 0 Å². The Morgan fingerprint density at radius 2 is 0.936 bits per heavy atom. The zero-order valence-electron chi connectivity index (χ0n) is 26.2. The molecule has 7 aromatic carbocycles. The van der Waals surface area contributed by atoms with Gasteiger partial charge < -0.3 is 9.80 Å². The van der Waals surface area contributed by atoms with E-state index >= 15 is 0 Å². The lowest BCUT2D eigenvalue weighted by Crippen LogP contribution is -2.28. The van der Waals surface area contributed by atoms with Gasteiger partial charge in [0.05, 0.1) is 5.41 Å². The van der Waals surface area contributed by atoms with Gasteiger partial charge >= 0.3 is 0 Å². The lowest BCUT2D eigenvalue weighted by atomic mass is 9.70. The van der Waals surface area contributed by atoms with Crippen LogP contribution in [0, 0.1) is 0 Å². The molecule has 0 amide bonds. The van der Waals surface area contributed by atoms with Gasteiger partial charge in [-0.25, -0.2) is 0 Å². The summed E-state index contributed by atoms with van der Waals surface area (Å²) in [6.07, 6.45) is 0.958. The molecule has 0 saturated heterocycles. The highest BCUT2D eigenvalue weighted by Gasteiger charge is 2.52. The highest BCUT2D eigenvalue weighted by atomic mass is 15.2. The molecular formula is C45H32N2. The van der Waals surface area contributed by atoms with Crippen LogP contribution in [0.4, 0.5) is 28.4 Å². The minimum atomic E-state index is -0.384. The van der Waals surface area contributed by atoms with Crippen molar-refractivity contribution in [1.29, 1.82) is 0 Å². The first-order valence-corrected chi connectivity index (χ1v) is 16.5. The van der Waals surface area contributed by atoms with Crippen LogP contribution in [0.3, 0.4) is 0 Å². The molecule has 7 aromatic rings. The van der Waals surface area contributed by atoms with Crippen molar-refractivity contribution in [3.8, 4) is 22.3 Å². The maximum atomic E-state index is 2.41. The summed E-state index contributed by atoms with van der Waals surface area (Å²) >= 11 is 0. The highest BCUT2D eigenvalue weighted by molar-refractivity contribution is 5.98. The summed E-state index contributed by atoms with van der Waals surface area (Å²) < 4.78 is 0. The third-order valence-electron chi connectivity index (χ3n) is 10.7. The van der Waals surface area contributed by atoms with E-state index in [2.05, 4.69) is 181 Å². The first kappa shape index (κ1) is 26.4. The molecule has 0 unspecified atom stereocenters. The van der Waals surface area contributed by atoms with Gasteiger partial charge in [0.2, 0.25) is 0 Å². The van der Waals surface area contributed by atoms with E-state index < -0.39 is 0 Å². The van der Waals surface area contributed by atoms with E-state index in [0.717, 1.165) is 12.1 Å². The monoisotopic (exact) mass is 600 g/mol. The fourth-order valence-electron chi connectivity index (χ4n) is 8.75. The zero-order valence-corrected chi connectivity index (χ0v) is 26.2. The van der Waals surface area contributed by atoms with Gasteiger partial charge in [-0.15, -0.1) is 0 Å². The number of hydrogen-bond donors (Lipinski definition) is 0. The first-order valence-electron chi connectivity index (χ1n) is 16.5. The van der Waals surface area contributed by atoms with Crippen LogP contribution in [0.2, 0.25) is 0 Å². The molecule has 1 heterocycles. The van der Waals surface area contributed by atoms with Crippen molar-refractivity contribution >= 4 is 28.4 Å². The first-order chi connectivity index (χ1) is 23.2. The van der Waals surface area contributed by atoms with Crippen molar-refractivity contribution in [3.63, 3.8) is 0 Å². The quantitative estimate of drug-likeness (QED) is 0.199. The lowest BCUT2D eigenvalue weighted by Gasteiger charge is -2.35. The molecule has 2 nitrogen and oxygen atoms in total. The minimum Gasteiger partial charge on any atom is -0.344 e. The van der Waals surface area contributed by atoms with Crippen molar-refractivity contribution in [3.05, 3.63) is 197 Å². The molecule has 1 spiro atoms. The molecule has 0 radical (unpaired) electrons. The molecule has 222 valence electrons. The van der Waals surface area contributed by atoms with Crippen molar-refractivity contribution in [1.82, 2.24) is 0 Å². The Bertz CT molecular complexity index is 2260. The number of hydrogen-bond acceptors (Lipinski definition) is 2. The third kappa shape index (κ3) is 3.50. The molecule has 0 fully saturated rings. The van der Waals surface area contributed by atoms with Gasteiger partial charge in [0.1, 0.15) is 0 Å². The van der Waals surface area contributed by atoms with Crippen LogP contribution in [0.1, 0.15) is 33.4 Å². The molecule has 2 aliphatic carbocycles. The maximum absolute atomic E-state index is 2.41. The summed E-state index contributed by atoms with van der Waals surface area (Å²) in [7, 11) is 2.22. The molecule has 1 aliphatic heterocycles. The summed E-state index contributed by atoms with van der Waals surface area (Å²) in [6.45, 7) is 0. The van der Waals surface area contributed by atoms with Crippen molar-refractivity contribution < 1.29 is 0 Å². The highest BCUT2D eigenvalue weighted by Crippen LogP contribution is 2.64. The Morgan fingerprint density at radius 1 is 0.468 bits per heavy atom. The Labute approximate surface area is 275 Å². The summed E-state index contributed by atoms with van der Waals surface area (Å²) in [5.41, 5.74) is 19.2. The maximum Gasteiger partial charge on any atom is 0.0745 e. The normalized spacial score (nSPS) is 14.1. The van der Waals surface area contributed by atoms with E-state index in [9.17, 15) is 0 Å². The third-order valence-corrected chi connectivity index (χ3v) is 10.7. The second-order valence-corrected chi connectivity index (χ2v) is 12.9. The van der Waals surface area contributed by atoms with E-state index in [1.54, 1.807) is 0 Å². The molecule has 0 aromatic heterocycles. The molecule has 2 heteroatoms. The molecular weight excluding hydrogens is 569 g/mol. The van der Waals surface area contributed by atoms with Crippen LogP contribution >= 0.6 is 0 Å². The lowest BCUT2D eigenvalue weighted by molar-refractivity contribution is 0.791. The smallest absolute Gasteiger partial charge is 0.0745 e. The van der Waals surface area contributed by atoms with E-state index in [0.29, 0.717) is 0 Å². The van der Waals surface area contributed by atoms with Gasteiger partial charge in [0.25, 0.3) is 0 Å². The zero-order chi connectivity index (χ0) is 31.1. The van der Waals surface area contributed by atoms with Crippen LogP contribution < -0.4 is 9.80 Å². The molecule has 3 aliphatic rings. The van der Waals surface area contributed by atoms with E-state index in [1.807, 2.05) is 0 Å². The topological polar surface area (TPSA) is 6.48 Å². The second kappa shape index (κ2) is 9.82. The van der Waals surface area contributed by atoms with Crippen molar-refractivity contribution in [2.75, 3.05) is 16.8 Å². The van der Waals surface area contributed by atoms with Gasteiger partial charge in [0.15, 0.2) is 0 Å². The number of benzene rings is 7. The van der Waals surface area contributed by atoms with Gasteiger partial charge in [-0.2, -0.15) is 0 Å². The standard InChI is InChI=1S/C45H32N2/c1-46(32-25-27-33(28-26-32)47-41-22-10-2-13-30(41)29-31-14-3-11-23-42(31)47)43-24-12-18-37-36-17-6-9-21-40(36)45(44(37)43)38-19-7-4-15-34(38)35-16-5-8-20-39(35)45/h2-28H,29H2,1H3. The van der Waals surface area contributed by atoms with E-state index in [1.165, 1.54) is 78.4 Å². The Kier molecular flexibility index (Phi) is 5.51. The summed E-state index contributed by atoms with van der Waals surface area (Å²) in [6, 6.07) is 60.6. The number of rotatable bonds is 3. The Balaban J connectivity index is 1.14. The number of anilines is 5. The van der Waals surface area contributed by atoms with Crippen molar-refractivity contribution in [2.45, 2.75) is 11.8 Å². The minimum absolute atomic E-state index is 0.384. The average molecular weight is 601 g/mol. The molecule has 0 atom stereocenters. The summed E-state index contributed by atoms with van der Waals surface area (Å²) in [4.78, 5) is 4.80. The molecule has 0 saturated carbocycles. The van der Waals surface area contributed by atoms with Gasteiger partial charge in [0, 0.05) is 47.5 Å². The Hall–Kier alpha value is -5.86. The van der Waals surface area contributed by atoms with Crippen LogP contribution in [0.5, 0.6) is 0 Å². The number of para-hydroxylation sites is 2. The van der Waals surface area contributed by atoms with Gasteiger partial charge in [-0.1, -0.05) is 121 Å². The fourth-order valence-corrected chi connectivity index (χ4v) is 8.75. The fraction of sp³-hybridized carbons (Fsp3) is 0.0667. The number of nitrogens with zero attached hydrogens (tertiary/aromatic N) is 2. The van der Waals surface area contributed by atoms with Crippen LogP contribution in [-0.4, -0.2) is 7.05 Å². The van der Waals surface area contributed by atoms with Crippen LogP contribution in [-0.2, 0) is 11.8 Å². The largest absolute Gasteiger partial charge is 0.344 e. The summed E-state index contributed by atoms with van der Waals surface area (Å²) in [5, 5.41) is 0. The SMILES string of the molecule is CN(c1ccc(N2c3ccccc3Cc3ccccc32)cc1)c1cccc2c1C1(c3ccccc3-c3ccccc31)c1ccccc1-2. The van der Waals surface area contributed by atoms with Crippen molar-refractivity contribution in [2.24, 2.45) is 0 Å². The molecule has 47 heavy (non-hydrogen) atoms. The predicted octanol–water partition coefficient (Wildman–Crippen LogP) is 11.2. The number of fused-ring (bicyclic) bond motifs is 12. The van der Waals surface area contributed by atoms with Gasteiger partial charge in [-0.05, 0) is 92.5 Å². The predicted molar refractivity (Wildman–Crippen MR) is 195 cm³/mol. The molecule has 10 rings (SSSR count). The molecule has 0 bridgehead atoms. The van der Waals surface area contributed by atoms with Crippen LogP contribution in [0.25, 0.3) is 22.3 Å².